The summed E-state index contributed by atoms with van der Waals surface area (Å²) in [5.74, 6) is 0.0492. The molecule has 2 heteroatoms. The van der Waals surface area contributed by atoms with E-state index in [1.807, 2.05) is 0 Å². The highest BCUT2D eigenvalue weighted by molar-refractivity contribution is 7.22. The number of benzene rings is 12. The number of hydrogen-bond donors (Lipinski definition) is 0. The molecule has 0 fully saturated rings. The van der Waals surface area contributed by atoms with Gasteiger partial charge in [-0.15, -0.1) is 0 Å². The summed E-state index contributed by atoms with van der Waals surface area (Å²) in [5.41, 5.74) is 16.6. The number of fused-ring (bicyclic) bond motifs is 15. The maximum Gasteiger partial charge on any atom is 0.180 e. The maximum absolute atomic E-state index is 2.92. The van der Waals surface area contributed by atoms with E-state index in [4.69, 9.17) is 0 Å². The summed E-state index contributed by atoms with van der Waals surface area (Å²) in [4.78, 5) is 2.64. The summed E-state index contributed by atoms with van der Waals surface area (Å²) >= 11 is 0. The van der Waals surface area contributed by atoms with Crippen molar-refractivity contribution in [2.45, 2.75) is 44.9 Å². The molecule has 0 N–H and O–H groups in total. The molecule has 1 atom stereocenters. The van der Waals surface area contributed by atoms with E-state index >= 15 is 0 Å². The van der Waals surface area contributed by atoms with E-state index in [1.165, 1.54) is 114 Å². The van der Waals surface area contributed by atoms with Crippen LogP contribution in [-0.4, -0.2) is 8.07 Å². The number of hydrogen-bond acceptors (Lipinski definition) is 1. The van der Waals surface area contributed by atoms with Crippen LogP contribution in [0.1, 0.15) is 55.4 Å². The number of nitrogens with zero attached hydrogens (tertiary/aromatic N) is 1. The average Bonchev–Trinajstić information content (AvgIpc) is 3.75. The maximum atomic E-state index is 2.64. The van der Waals surface area contributed by atoms with Crippen LogP contribution in [0, 0.1) is 0 Å². The minimum atomic E-state index is -2.92. The molecule has 1 nitrogen and oxygen atoms in total. The quantitative estimate of drug-likeness (QED) is 0.126. The van der Waals surface area contributed by atoms with Crippen LogP contribution in [0.3, 0.4) is 0 Å². The van der Waals surface area contributed by atoms with Crippen molar-refractivity contribution in [3.63, 3.8) is 0 Å². The van der Waals surface area contributed by atoms with Gasteiger partial charge in [0.05, 0.1) is 11.4 Å². The molecule has 2 heterocycles. The summed E-state index contributed by atoms with van der Waals surface area (Å²) in [7, 11) is -2.92. The second-order valence-corrected chi connectivity index (χ2v) is 25.2. The van der Waals surface area contributed by atoms with E-state index in [2.05, 4.69) is 274 Å². The van der Waals surface area contributed by atoms with Crippen LogP contribution in [0.15, 0.2) is 249 Å². The van der Waals surface area contributed by atoms with E-state index in [9.17, 15) is 0 Å². The lowest BCUT2D eigenvalue weighted by molar-refractivity contribution is 0.591. The molecule has 0 aliphatic carbocycles. The summed E-state index contributed by atoms with van der Waals surface area (Å²) in [6.45, 7) is 7.00. The van der Waals surface area contributed by atoms with E-state index in [0.717, 1.165) is 24.2 Å². The number of rotatable bonds is 4. The van der Waals surface area contributed by atoms with Crippen LogP contribution < -0.4 is 25.6 Å². The van der Waals surface area contributed by atoms with Gasteiger partial charge in [-0.05, 0) is 140 Å². The fraction of sp³-hybridized carbons (Fsp3) is 0.0986. The van der Waals surface area contributed by atoms with Gasteiger partial charge in [-0.1, -0.05) is 245 Å². The lowest BCUT2D eigenvalue weighted by atomic mass is 9.78. The fourth-order valence-corrected chi connectivity index (χ4v) is 18.4. The average molecular weight is 950 g/mol. The van der Waals surface area contributed by atoms with Gasteiger partial charge in [0.25, 0.3) is 0 Å². The van der Waals surface area contributed by atoms with Crippen molar-refractivity contribution >= 4 is 78.2 Å². The van der Waals surface area contributed by atoms with Crippen molar-refractivity contribution in [3.8, 4) is 33.4 Å². The molecule has 14 rings (SSSR count). The van der Waals surface area contributed by atoms with Gasteiger partial charge >= 0.3 is 0 Å². The third kappa shape index (κ3) is 6.81. The van der Waals surface area contributed by atoms with E-state index < -0.39 is 8.07 Å². The van der Waals surface area contributed by atoms with Crippen LogP contribution in [-0.2, 0) is 11.8 Å². The van der Waals surface area contributed by atoms with Crippen molar-refractivity contribution in [2.75, 3.05) is 4.90 Å². The minimum absolute atomic E-state index is 0.000704. The lowest BCUT2D eigenvalue weighted by Crippen LogP contribution is -2.72. The summed E-state index contributed by atoms with van der Waals surface area (Å²) in [5, 5.41) is 13.6. The molecule has 0 amide bonds. The van der Waals surface area contributed by atoms with Crippen molar-refractivity contribution in [2.24, 2.45) is 0 Å². The van der Waals surface area contributed by atoms with Crippen molar-refractivity contribution < 1.29 is 0 Å². The van der Waals surface area contributed by atoms with Gasteiger partial charge in [-0.2, -0.15) is 0 Å². The first-order valence-electron chi connectivity index (χ1n) is 26.1. The molecule has 12 aromatic carbocycles. The van der Waals surface area contributed by atoms with Gasteiger partial charge in [-0.25, -0.2) is 0 Å². The number of aryl methyl sites for hydroxylation is 1. The van der Waals surface area contributed by atoms with E-state index in [-0.39, 0.29) is 11.3 Å². The first kappa shape index (κ1) is 43.5. The smallest absolute Gasteiger partial charge is 0.180 e. The second-order valence-electron chi connectivity index (χ2n) is 21.5. The highest BCUT2D eigenvalue weighted by Gasteiger charge is 2.49. The summed E-state index contributed by atoms with van der Waals surface area (Å²) in [6.07, 6.45) is 1.85. The lowest BCUT2D eigenvalue weighted by Gasteiger charge is -2.35. The third-order valence-electron chi connectivity index (χ3n) is 16.4. The molecule has 1 spiro atoms. The Morgan fingerprint density at radius 1 is 0.411 bits per heavy atom. The predicted octanol–water partition coefficient (Wildman–Crippen LogP) is 16.1. The molecule has 1 unspecified atom stereocenters. The van der Waals surface area contributed by atoms with Crippen LogP contribution in [0.25, 0.3) is 65.7 Å². The molecule has 2 aliphatic rings. The van der Waals surface area contributed by atoms with Crippen molar-refractivity contribution in [3.05, 3.63) is 271 Å². The Morgan fingerprint density at radius 2 is 0.973 bits per heavy atom. The molecule has 12 aromatic rings. The topological polar surface area (TPSA) is 3.24 Å². The Bertz CT molecular complexity index is 4020. The Balaban J connectivity index is 1.16. The fourth-order valence-electron chi connectivity index (χ4n) is 13.1. The normalized spacial score (nSPS) is 14.9. The second kappa shape index (κ2) is 16.9. The molecule has 0 radical (unpaired) electrons. The standard InChI is InChI=1S/C71H55NSi/c1-71(2,3)52-43-50-37-40-62-64-46-66(63-41-38-51(44-52)69(50)70(62)63)72(65-33-15-12-29-57(65)49-23-8-5-9-24-49)53-25-19-27-55(45-53)73(67-34-16-13-31-60(67)61-32-14-17-35-68(61)73)54-26-18-20-47(42-54)36-39-59(64)58-30-11-10-28-56(58)48-21-6-4-7-22-48/h4-35,37-38,40-46,59H,36,39H2,1-3H3. The molecular formula is C71H55NSi. The molecule has 73 heavy (non-hydrogen) atoms. The van der Waals surface area contributed by atoms with E-state index in [0.29, 0.717) is 0 Å². The molecule has 0 aromatic heterocycles. The van der Waals surface area contributed by atoms with Crippen LogP contribution in [0.4, 0.5) is 17.1 Å². The van der Waals surface area contributed by atoms with Crippen LogP contribution >= 0.6 is 0 Å². The first-order chi connectivity index (χ1) is 35.8. The zero-order valence-corrected chi connectivity index (χ0v) is 42.6. The van der Waals surface area contributed by atoms with Gasteiger partial charge in [0.1, 0.15) is 0 Å². The SMILES string of the molecule is CC(C)(C)c1cc2ccc3c4cc(c5ccc(c1)c2c35)N(c1ccccc1-c1ccccc1)c1cccc(c1)[Si]1(c2cccc(c2)CCC4c2ccccc2-c2ccccc2)c2ccccc2-c2ccccc21. The zero-order valence-electron chi connectivity index (χ0n) is 41.6. The largest absolute Gasteiger partial charge is 0.309 e. The van der Waals surface area contributed by atoms with Crippen LogP contribution in [0.2, 0.25) is 0 Å². The van der Waals surface area contributed by atoms with Gasteiger partial charge < -0.3 is 4.90 Å². The summed E-state index contributed by atoms with van der Waals surface area (Å²) in [6, 6.07) is 95.8. The predicted molar refractivity (Wildman–Crippen MR) is 314 cm³/mol. The van der Waals surface area contributed by atoms with Crippen LogP contribution in [0.5, 0.6) is 0 Å². The molecular weight excluding hydrogens is 895 g/mol. The van der Waals surface area contributed by atoms with Gasteiger partial charge in [0.2, 0.25) is 0 Å². The molecule has 6 bridgehead atoms. The number of anilines is 3. The molecule has 2 aliphatic heterocycles. The van der Waals surface area contributed by atoms with Gasteiger partial charge in [0.15, 0.2) is 8.07 Å². The third-order valence-corrected chi connectivity index (χ3v) is 21.3. The Labute approximate surface area is 430 Å². The van der Waals surface area contributed by atoms with Crippen molar-refractivity contribution in [1.29, 1.82) is 0 Å². The monoisotopic (exact) mass is 949 g/mol. The van der Waals surface area contributed by atoms with E-state index in [1.54, 1.807) is 0 Å². The summed E-state index contributed by atoms with van der Waals surface area (Å²) < 4.78 is 0. The molecule has 0 saturated heterocycles. The highest BCUT2D eigenvalue weighted by atomic mass is 28.3. The van der Waals surface area contributed by atoms with Crippen molar-refractivity contribution in [1.82, 2.24) is 0 Å². The van der Waals surface area contributed by atoms with Gasteiger partial charge in [0, 0.05) is 22.6 Å². The molecule has 0 saturated carbocycles. The zero-order chi connectivity index (χ0) is 48.8. The first-order valence-corrected chi connectivity index (χ1v) is 28.1. The Kier molecular flexibility index (Phi) is 10.1. The highest BCUT2D eigenvalue weighted by Crippen LogP contribution is 2.51. The minimum Gasteiger partial charge on any atom is -0.309 e. The van der Waals surface area contributed by atoms with Gasteiger partial charge in [-0.3, -0.25) is 0 Å². The Hall–Kier alpha value is -8.30. The Morgan fingerprint density at radius 3 is 1.66 bits per heavy atom. The number of para-hydroxylation sites is 1. The molecule has 348 valence electrons.